The topological polar surface area (TPSA) is 75.6 Å². The van der Waals surface area contributed by atoms with Gasteiger partial charge in [-0.1, -0.05) is 0 Å². The van der Waals surface area contributed by atoms with Crippen LogP contribution >= 0.6 is 0 Å². The molecule has 17 heavy (non-hydrogen) atoms. The molecule has 2 N–H and O–H groups in total. The highest BCUT2D eigenvalue weighted by Crippen LogP contribution is 2.13. The van der Waals surface area contributed by atoms with Crippen molar-refractivity contribution in [1.29, 1.82) is 0 Å². The van der Waals surface area contributed by atoms with Gasteiger partial charge in [-0.3, -0.25) is 4.79 Å². The molecule has 1 atom stereocenters. The van der Waals surface area contributed by atoms with Crippen molar-refractivity contribution in [2.45, 2.75) is 13.0 Å². The molecule has 1 aromatic carbocycles. The molecule has 5 heteroatoms. The van der Waals surface area contributed by atoms with Gasteiger partial charge in [0.25, 0.3) is 0 Å². The highest BCUT2D eigenvalue weighted by atomic mass is 16.5. The van der Waals surface area contributed by atoms with Gasteiger partial charge in [0, 0.05) is 5.56 Å². The Balaban J connectivity index is 2.67. The first kappa shape index (κ1) is 13.2. The summed E-state index contributed by atoms with van der Waals surface area (Å²) < 4.78 is 4.96. The summed E-state index contributed by atoms with van der Waals surface area (Å²) in [4.78, 5) is 22.0. The number of hydrogen-bond donors (Lipinski definition) is 2. The van der Waals surface area contributed by atoms with Crippen LogP contribution in [0.2, 0.25) is 0 Å². The van der Waals surface area contributed by atoms with Gasteiger partial charge in [-0.05, 0) is 38.2 Å². The number of aliphatic carboxylic acids is 1. The fraction of sp³-hybridized carbons (Fsp3) is 0.333. The zero-order valence-electron chi connectivity index (χ0n) is 9.77. The number of ether oxygens (including phenoxy) is 1. The number of nitrogens with one attached hydrogen (secondary N) is 1. The first-order valence-corrected chi connectivity index (χ1v) is 5.20. The molecule has 0 aliphatic heterocycles. The molecule has 92 valence electrons. The molecule has 0 heterocycles. The molecular formula is C12H15NO4. The minimum atomic E-state index is -1.03. The Hall–Kier alpha value is -1.88. The minimum absolute atomic E-state index is 0.0164. The zero-order chi connectivity index (χ0) is 12.8. The van der Waals surface area contributed by atoms with Crippen molar-refractivity contribution in [2.75, 3.05) is 13.7 Å². The van der Waals surface area contributed by atoms with Crippen molar-refractivity contribution >= 4 is 11.8 Å². The summed E-state index contributed by atoms with van der Waals surface area (Å²) in [5, 5.41) is 11.3. The van der Waals surface area contributed by atoms with Crippen molar-refractivity contribution in [2.24, 2.45) is 0 Å². The number of hydrogen-bond acceptors (Lipinski definition) is 4. The number of rotatable bonds is 6. The van der Waals surface area contributed by atoms with Crippen LogP contribution in [0.15, 0.2) is 24.3 Å². The molecule has 0 saturated heterocycles. The Morgan fingerprint density at radius 3 is 2.41 bits per heavy atom. The molecule has 0 radical (unpaired) electrons. The number of carboxylic acid groups (broad SMARTS) is 1. The molecule has 0 spiro atoms. The normalized spacial score (nSPS) is 11.9. The number of carbonyl (C=O) groups is 2. The molecule has 0 aliphatic rings. The van der Waals surface area contributed by atoms with Gasteiger partial charge in [-0.15, -0.1) is 0 Å². The van der Waals surface area contributed by atoms with Gasteiger partial charge in [0.15, 0.2) is 12.4 Å². The van der Waals surface area contributed by atoms with Crippen molar-refractivity contribution in [3.8, 4) is 5.75 Å². The summed E-state index contributed by atoms with van der Waals surface area (Å²) in [6, 6.07) is 6.15. The Kier molecular flexibility index (Phi) is 4.66. The number of likely N-dealkylation sites (N-methyl/N-ethyl adjacent to an activating group) is 1. The first-order valence-electron chi connectivity index (χ1n) is 5.20. The number of Topliss-reactive ketones (excluding diaryl/α,β-unsaturated/α-hetero) is 1. The largest absolute Gasteiger partial charge is 0.482 e. The Morgan fingerprint density at radius 2 is 1.94 bits per heavy atom. The zero-order valence-corrected chi connectivity index (χ0v) is 9.77. The van der Waals surface area contributed by atoms with E-state index in [4.69, 9.17) is 9.84 Å². The lowest BCUT2D eigenvalue weighted by Gasteiger charge is -2.09. The van der Waals surface area contributed by atoms with Crippen LogP contribution in [0.25, 0.3) is 0 Å². The summed E-state index contributed by atoms with van der Waals surface area (Å²) >= 11 is 0. The van der Waals surface area contributed by atoms with Crippen molar-refractivity contribution in [3.05, 3.63) is 29.8 Å². The third-order valence-corrected chi connectivity index (χ3v) is 2.33. The molecular weight excluding hydrogens is 222 g/mol. The van der Waals surface area contributed by atoms with Crippen molar-refractivity contribution in [1.82, 2.24) is 5.32 Å². The van der Waals surface area contributed by atoms with E-state index in [2.05, 4.69) is 5.32 Å². The van der Waals surface area contributed by atoms with E-state index >= 15 is 0 Å². The molecule has 5 nitrogen and oxygen atoms in total. The summed E-state index contributed by atoms with van der Waals surface area (Å²) in [6.45, 7) is 1.39. The summed E-state index contributed by atoms with van der Waals surface area (Å²) in [5.74, 6) is -0.618. The second-order valence-corrected chi connectivity index (χ2v) is 3.58. The van der Waals surface area contributed by atoms with Gasteiger partial charge < -0.3 is 15.2 Å². The second-order valence-electron chi connectivity index (χ2n) is 3.58. The lowest BCUT2D eigenvalue weighted by Crippen LogP contribution is -2.30. The van der Waals surface area contributed by atoms with Gasteiger partial charge in [-0.2, -0.15) is 0 Å². The summed E-state index contributed by atoms with van der Waals surface area (Å²) in [5.41, 5.74) is 0.564. The van der Waals surface area contributed by atoms with Crippen LogP contribution in [-0.4, -0.2) is 36.6 Å². The average molecular weight is 237 g/mol. The monoisotopic (exact) mass is 237 g/mol. The second kappa shape index (κ2) is 6.00. The predicted octanol–water partition coefficient (Wildman–Crippen LogP) is 0.941. The Labute approximate surface area is 99.4 Å². The van der Waals surface area contributed by atoms with Gasteiger partial charge >= 0.3 is 5.97 Å². The number of ketones is 1. The van der Waals surface area contributed by atoms with E-state index in [-0.39, 0.29) is 18.4 Å². The van der Waals surface area contributed by atoms with E-state index < -0.39 is 5.97 Å². The van der Waals surface area contributed by atoms with E-state index in [1.54, 1.807) is 38.2 Å². The fourth-order valence-electron chi connectivity index (χ4n) is 1.24. The lowest BCUT2D eigenvalue weighted by atomic mass is 10.1. The smallest absolute Gasteiger partial charge is 0.341 e. The van der Waals surface area contributed by atoms with E-state index in [9.17, 15) is 9.59 Å². The number of benzene rings is 1. The van der Waals surface area contributed by atoms with Crippen LogP contribution in [0.1, 0.15) is 17.3 Å². The fourth-order valence-corrected chi connectivity index (χ4v) is 1.24. The van der Waals surface area contributed by atoms with Gasteiger partial charge in [-0.25, -0.2) is 4.79 Å². The van der Waals surface area contributed by atoms with Crippen LogP contribution in [0.4, 0.5) is 0 Å². The molecule has 0 saturated carbocycles. The average Bonchev–Trinajstić information content (AvgIpc) is 2.35. The predicted molar refractivity (Wildman–Crippen MR) is 62.4 cm³/mol. The molecule has 0 aliphatic carbocycles. The maximum Gasteiger partial charge on any atom is 0.341 e. The van der Waals surface area contributed by atoms with E-state index in [1.807, 2.05) is 0 Å². The van der Waals surface area contributed by atoms with Crippen LogP contribution in [0.5, 0.6) is 5.75 Å². The van der Waals surface area contributed by atoms with Crippen LogP contribution in [0, 0.1) is 0 Å². The van der Waals surface area contributed by atoms with Crippen molar-refractivity contribution < 1.29 is 19.4 Å². The third kappa shape index (κ3) is 3.88. The third-order valence-electron chi connectivity index (χ3n) is 2.33. The molecule has 0 amide bonds. The molecule has 0 fully saturated rings. The maximum absolute atomic E-state index is 11.8. The Morgan fingerprint density at radius 1 is 1.35 bits per heavy atom. The standard InChI is InChI=1S/C12H15NO4/c1-8(13-2)12(16)9-3-5-10(6-4-9)17-7-11(14)15/h3-6,8,13H,7H2,1-2H3,(H,14,15). The molecule has 1 unspecified atom stereocenters. The summed E-state index contributed by atoms with van der Waals surface area (Å²) in [7, 11) is 1.72. The minimum Gasteiger partial charge on any atom is -0.482 e. The highest BCUT2D eigenvalue weighted by molar-refractivity contribution is 5.99. The Bertz CT molecular complexity index is 399. The maximum atomic E-state index is 11.8. The van der Waals surface area contributed by atoms with Gasteiger partial charge in [0.05, 0.1) is 6.04 Å². The molecule has 0 aromatic heterocycles. The number of carbonyl (C=O) groups excluding carboxylic acids is 1. The van der Waals surface area contributed by atoms with E-state index in [0.29, 0.717) is 11.3 Å². The van der Waals surface area contributed by atoms with Crippen LogP contribution < -0.4 is 10.1 Å². The molecule has 0 bridgehead atoms. The lowest BCUT2D eigenvalue weighted by molar-refractivity contribution is -0.139. The van der Waals surface area contributed by atoms with Gasteiger partial charge in [0.1, 0.15) is 5.75 Å². The quantitative estimate of drug-likeness (QED) is 0.720. The van der Waals surface area contributed by atoms with E-state index in [0.717, 1.165) is 0 Å². The van der Waals surface area contributed by atoms with Crippen molar-refractivity contribution in [3.63, 3.8) is 0 Å². The summed E-state index contributed by atoms with van der Waals surface area (Å²) in [6.07, 6.45) is 0. The van der Waals surface area contributed by atoms with Crippen LogP contribution in [-0.2, 0) is 4.79 Å². The SMILES string of the molecule is CNC(C)C(=O)c1ccc(OCC(=O)O)cc1. The molecule has 1 aromatic rings. The number of carboxylic acids is 1. The van der Waals surface area contributed by atoms with Gasteiger partial charge in [0.2, 0.25) is 0 Å². The highest BCUT2D eigenvalue weighted by Gasteiger charge is 2.12. The van der Waals surface area contributed by atoms with E-state index in [1.165, 1.54) is 0 Å². The van der Waals surface area contributed by atoms with Crippen LogP contribution in [0.3, 0.4) is 0 Å². The first-order chi connectivity index (χ1) is 8.04. The molecule has 1 rings (SSSR count).